The Bertz CT molecular complexity index is 848. The second-order valence-electron chi connectivity index (χ2n) is 4.84. The van der Waals surface area contributed by atoms with Crippen molar-refractivity contribution in [2.75, 3.05) is 0 Å². The monoisotopic (exact) mass is 510 g/mol. The summed E-state index contributed by atoms with van der Waals surface area (Å²) in [4.78, 5) is 12.7. The molecule has 2 rings (SSSR count). The van der Waals surface area contributed by atoms with Crippen molar-refractivity contribution in [2.45, 2.75) is 50.6 Å². The summed E-state index contributed by atoms with van der Waals surface area (Å²) in [5.74, 6) is 1.03. The minimum Gasteiger partial charge on any atom is -0.743 e. The molecule has 0 aliphatic heterocycles. The van der Waals surface area contributed by atoms with Gasteiger partial charge in [-0.15, -0.1) is 0 Å². The van der Waals surface area contributed by atoms with Gasteiger partial charge in [-0.3, -0.25) is 0 Å². The van der Waals surface area contributed by atoms with Crippen molar-refractivity contribution in [3.8, 4) is 0 Å². The van der Waals surface area contributed by atoms with E-state index in [0.717, 1.165) is 0 Å². The predicted molar refractivity (Wildman–Crippen MR) is 98.3 cm³/mol. The summed E-state index contributed by atoms with van der Waals surface area (Å²) < 4.78 is 63.3. The average Bonchev–Trinajstić information content (AvgIpc) is 3.01. The SMILES string of the molecule is CCc1nc(S(=O)(=O)[O-])c(C)[nH]1.CCc1nc(S(=O)(=O)[O-])c(C)[nH]1.O.O.[Ni+2].[OH3+].[OH3+]. The van der Waals surface area contributed by atoms with E-state index in [1.54, 1.807) is 0 Å². The fourth-order valence-corrected chi connectivity index (χ4v) is 3.13. The smallest absolute Gasteiger partial charge is 0.743 e. The molecule has 0 unspecified atom stereocenters. The summed E-state index contributed by atoms with van der Waals surface area (Å²) in [7, 11) is -8.83. The van der Waals surface area contributed by atoms with Crippen molar-refractivity contribution in [2.24, 2.45) is 0 Å². The minimum atomic E-state index is -4.42. The normalized spacial score (nSPS) is 9.86. The van der Waals surface area contributed by atoms with Gasteiger partial charge in [0.25, 0.3) is 0 Å². The van der Waals surface area contributed by atoms with Gasteiger partial charge in [-0.25, -0.2) is 26.8 Å². The predicted octanol–water partition coefficient (Wildman–Crippen LogP) is -3.13. The van der Waals surface area contributed by atoms with Crippen LogP contribution in [0.25, 0.3) is 0 Å². The number of aromatic amines is 2. The van der Waals surface area contributed by atoms with Crippen LogP contribution < -0.4 is 0 Å². The molecule has 0 saturated carbocycles. The summed E-state index contributed by atoms with van der Waals surface area (Å²) >= 11 is 0. The van der Waals surface area contributed by atoms with Crippen LogP contribution in [0.15, 0.2) is 10.1 Å². The first kappa shape index (κ1) is 38.2. The molecule has 0 aromatic carbocycles. The van der Waals surface area contributed by atoms with E-state index in [1.807, 2.05) is 13.8 Å². The zero-order valence-corrected chi connectivity index (χ0v) is 18.7. The van der Waals surface area contributed by atoms with Crippen LogP contribution in [0.4, 0.5) is 0 Å². The van der Waals surface area contributed by atoms with E-state index in [1.165, 1.54) is 13.8 Å². The van der Waals surface area contributed by atoms with Crippen molar-refractivity contribution in [1.82, 2.24) is 19.9 Å². The molecular weight excluding hydrogens is 483 g/mol. The van der Waals surface area contributed by atoms with Crippen molar-refractivity contribution in [3.63, 3.8) is 0 Å². The van der Waals surface area contributed by atoms with Crippen LogP contribution in [0.1, 0.15) is 36.9 Å². The standard InChI is InChI=1S/2C6H10N2O3S.Ni.4H2O/c2*1-3-5-7-4(2)6(8-5)12(9,10)11;;;;;/h2*3H2,1-2H3,(H,7,8)(H,9,10,11);;4*1H2/q;;+2;;;;. The molecule has 0 radical (unpaired) electrons. The molecule has 14 nitrogen and oxygen atoms in total. The van der Waals surface area contributed by atoms with Gasteiger partial charge in [-0.05, 0) is 13.8 Å². The molecule has 12 N–H and O–H groups in total. The Morgan fingerprint density at radius 2 is 1.00 bits per heavy atom. The molecule has 0 fully saturated rings. The third kappa shape index (κ3) is 10.8. The first-order valence-electron chi connectivity index (χ1n) is 6.92. The van der Waals surface area contributed by atoms with Gasteiger partial charge in [0, 0.05) is 24.2 Å². The van der Waals surface area contributed by atoms with E-state index in [9.17, 15) is 25.9 Å². The molecule has 0 aliphatic carbocycles. The van der Waals surface area contributed by atoms with Crippen LogP contribution in [0.2, 0.25) is 0 Å². The molecule has 0 spiro atoms. The number of aryl methyl sites for hydroxylation is 4. The Kier molecular flexibility index (Phi) is 19.2. The number of H-pyrrole nitrogens is 2. The third-order valence-corrected chi connectivity index (χ3v) is 4.66. The molecule has 29 heavy (non-hydrogen) atoms. The van der Waals surface area contributed by atoms with E-state index < -0.39 is 20.2 Å². The first-order chi connectivity index (χ1) is 10.9. The van der Waals surface area contributed by atoms with Gasteiger partial charge in [0.2, 0.25) is 0 Å². The molecule has 0 bridgehead atoms. The fourth-order valence-electron chi connectivity index (χ4n) is 1.83. The van der Waals surface area contributed by atoms with Crippen molar-refractivity contribution >= 4 is 20.2 Å². The van der Waals surface area contributed by atoms with E-state index in [2.05, 4.69) is 19.9 Å². The van der Waals surface area contributed by atoms with Crippen LogP contribution in [0, 0.1) is 13.8 Å². The molecule has 0 saturated heterocycles. The molecular formula is C12H28N4NiO10S2+2. The fraction of sp³-hybridized carbons (Fsp3) is 0.500. The molecule has 0 atom stereocenters. The summed E-state index contributed by atoms with van der Waals surface area (Å²) in [6, 6.07) is 0. The first-order valence-corrected chi connectivity index (χ1v) is 9.74. The van der Waals surface area contributed by atoms with Gasteiger partial charge in [0.15, 0.2) is 10.1 Å². The van der Waals surface area contributed by atoms with Crippen LogP contribution in [0.5, 0.6) is 0 Å². The maximum Gasteiger partial charge on any atom is 2.00 e. The van der Waals surface area contributed by atoms with Crippen LogP contribution in [-0.4, -0.2) is 56.8 Å². The Balaban J connectivity index is -0.000000113. The van der Waals surface area contributed by atoms with Gasteiger partial charge >= 0.3 is 16.5 Å². The molecule has 0 aliphatic rings. The van der Waals surface area contributed by atoms with E-state index in [-0.39, 0.29) is 48.4 Å². The van der Waals surface area contributed by atoms with Gasteiger partial charge in [0.1, 0.15) is 31.9 Å². The number of hydrogen-bond donors (Lipinski definition) is 2. The van der Waals surface area contributed by atoms with E-state index in [4.69, 9.17) is 0 Å². The number of rotatable bonds is 4. The molecule has 0 amide bonds. The second kappa shape index (κ2) is 14.5. The Morgan fingerprint density at radius 1 is 0.759 bits per heavy atom. The summed E-state index contributed by atoms with van der Waals surface area (Å²) in [6.45, 7) is 6.66. The van der Waals surface area contributed by atoms with Crippen LogP contribution >= 0.6 is 0 Å². The molecule has 176 valence electrons. The Labute approximate surface area is 178 Å². The van der Waals surface area contributed by atoms with E-state index >= 15 is 0 Å². The molecule has 17 heteroatoms. The van der Waals surface area contributed by atoms with Crippen molar-refractivity contribution in [3.05, 3.63) is 23.0 Å². The zero-order valence-electron chi connectivity index (χ0n) is 16.0. The largest absolute Gasteiger partial charge is 2.00 e. The quantitative estimate of drug-likeness (QED) is 0.240. The average molecular weight is 511 g/mol. The zero-order chi connectivity index (χ0) is 18.7. The summed E-state index contributed by atoms with van der Waals surface area (Å²) in [6.07, 6.45) is 1.16. The van der Waals surface area contributed by atoms with Crippen LogP contribution in [-0.2, 0) is 60.5 Å². The second-order valence-corrected chi connectivity index (χ2v) is 7.43. The Morgan fingerprint density at radius 3 is 1.10 bits per heavy atom. The van der Waals surface area contributed by atoms with Crippen LogP contribution in [0.3, 0.4) is 0 Å². The van der Waals surface area contributed by atoms with Crippen molar-refractivity contribution in [1.29, 1.82) is 0 Å². The van der Waals surface area contributed by atoms with Crippen molar-refractivity contribution < 1.29 is 64.3 Å². The van der Waals surface area contributed by atoms with Gasteiger partial charge in [0.05, 0.1) is 0 Å². The summed E-state index contributed by atoms with van der Waals surface area (Å²) in [5, 5.41) is -0.779. The van der Waals surface area contributed by atoms with Gasteiger partial charge < -0.3 is 41.0 Å². The number of aromatic nitrogens is 4. The summed E-state index contributed by atoms with van der Waals surface area (Å²) in [5.41, 5.74) is 0.615. The number of nitrogens with one attached hydrogen (secondary N) is 2. The number of nitrogens with zero attached hydrogens (tertiary/aromatic N) is 2. The molecule has 2 heterocycles. The number of hydrogen-bond acceptors (Lipinski definition) is 8. The van der Waals surface area contributed by atoms with Gasteiger partial charge in [-0.2, -0.15) is 0 Å². The minimum absolute atomic E-state index is 0. The molecule has 2 aromatic rings. The number of imidazole rings is 2. The Hall–Kier alpha value is -1.43. The maximum absolute atomic E-state index is 10.5. The maximum atomic E-state index is 10.5. The van der Waals surface area contributed by atoms with Gasteiger partial charge in [-0.1, -0.05) is 13.8 Å². The molecule has 2 aromatic heterocycles. The topological polar surface area (TPSA) is 301 Å². The third-order valence-electron chi connectivity index (χ3n) is 2.92. The van der Waals surface area contributed by atoms with E-state index in [0.29, 0.717) is 35.9 Å².